The van der Waals surface area contributed by atoms with Crippen LogP contribution in [0, 0.1) is 11.6 Å². The van der Waals surface area contributed by atoms with E-state index in [0.717, 1.165) is 31.7 Å². The van der Waals surface area contributed by atoms with E-state index in [2.05, 4.69) is 5.32 Å². The fraction of sp³-hybridized carbons (Fsp3) is 0.600. The standard InChI is InChI=1S/C15H21F2NO/c1-18-13-6-4-2-3-5-7-15(13)19-14-9-8-11(16)10-12(14)17/h8-10,13,15,18H,2-7H2,1H3. The molecular weight excluding hydrogens is 248 g/mol. The molecule has 2 nitrogen and oxygen atoms in total. The average molecular weight is 269 g/mol. The molecule has 1 saturated carbocycles. The highest BCUT2D eigenvalue weighted by atomic mass is 19.1. The third-order valence-corrected chi connectivity index (χ3v) is 3.75. The molecule has 0 spiro atoms. The maximum absolute atomic E-state index is 13.6. The number of halogens is 2. The molecule has 1 fully saturated rings. The molecule has 1 aliphatic carbocycles. The van der Waals surface area contributed by atoms with Crippen molar-refractivity contribution < 1.29 is 13.5 Å². The minimum atomic E-state index is -0.628. The van der Waals surface area contributed by atoms with Gasteiger partial charge in [-0.2, -0.15) is 0 Å². The van der Waals surface area contributed by atoms with Gasteiger partial charge in [-0.05, 0) is 38.4 Å². The van der Waals surface area contributed by atoms with Crippen molar-refractivity contribution in [3.63, 3.8) is 0 Å². The second kappa shape index (κ2) is 6.85. The summed E-state index contributed by atoms with van der Waals surface area (Å²) in [7, 11) is 1.91. The summed E-state index contributed by atoms with van der Waals surface area (Å²) in [6.07, 6.45) is 6.58. The fourth-order valence-electron chi connectivity index (χ4n) is 2.66. The van der Waals surface area contributed by atoms with Crippen molar-refractivity contribution in [1.82, 2.24) is 5.32 Å². The summed E-state index contributed by atoms with van der Waals surface area (Å²) in [5, 5.41) is 3.25. The molecule has 0 heterocycles. The van der Waals surface area contributed by atoms with E-state index in [-0.39, 0.29) is 17.9 Å². The summed E-state index contributed by atoms with van der Waals surface area (Å²) < 4.78 is 32.3. The smallest absolute Gasteiger partial charge is 0.167 e. The van der Waals surface area contributed by atoms with Gasteiger partial charge in [-0.1, -0.05) is 19.3 Å². The molecule has 2 atom stereocenters. The van der Waals surface area contributed by atoms with Crippen molar-refractivity contribution in [3.8, 4) is 5.75 Å². The van der Waals surface area contributed by atoms with Crippen molar-refractivity contribution in [2.75, 3.05) is 7.05 Å². The maximum atomic E-state index is 13.6. The first-order chi connectivity index (χ1) is 9.20. The normalized spacial score (nSPS) is 24.6. The average Bonchev–Trinajstić information content (AvgIpc) is 2.36. The Labute approximate surface area is 113 Å². The highest BCUT2D eigenvalue weighted by molar-refractivity contribution is 5.25. The molecule has 1 aromatic rings. The number of ether oxygens (including phenoxy) is 1. The molecule has 0 amide bonds. The minimum Gasteiger partial charge on any atom is -0.486 e. The molecule has 19 heavy (non-hydrogen) atoms. The Kier molecular flexibility index (Phi) is 5.14. The number of nitrogens with one attached hydrogen (secondary N) is 1. The molecule has 2 unspecified atom stereocenters. The zero-order chi connectivity index (χ0) is 13.7. The second-order valence-corrected chi connectivity index (χ2v) is 5.12. The predicted octanol–water partition coefficient (Wildman–Crippen LogP) is 3.65. The molecule has 0 radical (unpaired) electrons. The molecule has 106 valence electrons. The first-order valence-electron chi connectivity index (χ1n) is 6.99. The third kappa shape index (κ3) is 3.90. The van der Waals surface area contributed by atoms with Crippen LogP contribution < -0.4 is 10.1 Å². The zero-order valence-electron chi connectivity index (χ0n) is 11.3. The van der Waals surface area contributed by atoms with Crippen molar-refractivity contribution in [1.29, 1.82) is 0 Å². The summed E-state index contributed by atoms with van der Waals surface area (Å²) in [6, 6.07) is 3.70. The molecule has 1 aliphatic rings. The highest BCUT2D eigenvalue weighted by Crippen LogP contribution is 2.25. The largest absolute Gasteiger partial charge is 0.486 e. The molecule has 4 heteroatoms. The Hall–Kier alpha value is -1.16. The Balaban J connectivity index is 2.08. The van der Waals surface area contributed by atoms with Crippen LogP contribution in [0.2, 0.25) is 0 Å². The van der Waals surface area contributed by atoms with Gasteiger partial charge in [-0.3, -0.25) is 0 Å². The number of hydrogen-bond acceptors (Lipinski definition) is 2. The van der Waals surface area contributed by atoms with Crippen LogP contribution in [0.1, 0.15) is 38.5 Å². The lowest BCUT2D eigenvalue weighted by molar-refractivity contribution is 0.125. The molecular formula is C15H21F2NO. The number of hydrogen-bond donors (Lipinski definition) is 1. The van der Waals surface area contributed by atoms with Gasteiger partial charge >= 0.3 is 0 Å². The number of benzene rings is 1. The maximum Gasteiger partial charge on any atom is 0.167 e. The van der Waals surface area contributed by atoms with E-state index in [1.54, 1.807) is 0 Å². The summed E-state index contributed by atoms with van der Waals surface area (Å²) >= 11 is 0. The van der Waals surface area contributed by atoms with Crippen molar-refractivity contribution >= 4 is 0 Å². The van der Waals surface area contributed by atoms with Crippen LogP contribution in [0.15, 0.2) is 18.2 Å². The monoisotopic (exact) mass is 269 g/mol. The fourth-order valence-corrected chi connectivity index (χ4v) is 2.66. The van der Waals surface area contributed by atoms with Crippen molar-refractivity contribution in [2.45, 2.75) is 50.7 Å². The number of likely N-dealkylation sites (N-methyl/N-ethyl adjacent to an activating group) is 1. The van der Waals surface area contributed by atoms with Gasteiger partial charge in [0.2, 0.25) is 0 Å². The van der Waals surface area contributed by atoms with E-state index in [1.165, 1.54) is 25.0 Å². The van der Waals surface area contributed by atoms with E-state index in [0.29, 0.717) is 0 Å². The molecule has 0 aliphatic heterocycles. The Bertz CT molecular complexity index is 411. The SMILES string of the molecule is CNC1CCCCCCC1Oc1ccc(F)cc1F. The highest BCUT2D eigenvalue weighted by Gasteiger charge is 2.24. The molecule has 0 aromatic heterocycles. The molecule has 1 aromatic carbocycles. The van der Waals surface area contributed by atoms with E-state index in [4.69, 9.17) is 4.74 Å². The van der Waals surface area contributed by atoms with Crippen LogP contribution in [0.25, 0.3) is 0 Å². The predicted molar refractivity (Wildman–Crippen MR) is 71.3 cm³/mol. The van der Waals surface area contributed by atoms with Gasteiger partial charge in [0, 0.05) is 12.1 Å². The first kappa shape index (κ1) is 14.3. The first-order valence-corrected chi connectivity index (χ1v) is 6.99. The topological polar surface area (TPSA) is 21.3 Å². The Morgan fingerprint density at radius 1 is 1.11 bits per heavy atom. The van der Waals surface area contributed by atoms with Crippen molar-refractivity contribution in [3.05, 3.63) is 29.8 Å². The minimum absolute atomic E-state index is 0.0507. The lowest BCUT2D eigenvalue weighted by Gasteiger charge is -2.29. The molecule has 0 bridgehead atoms. The summed E-state index contributed by atoms with van der Waals surface area (Å²) in [4.78, 5) is 0. The van der Waals surface area contributed by atoms with Crippen LogP contribution in [-0.4, -0.2) is 19.2 Å². The molecule has 1 N–H and O–H groups in total. The van der Waals surface area contributed by atoms with E-state index in [1.807, 2.05) is 7.05 Å². The Morgan fingerprint density at radius 3 is 2.53 bits per heavy atom. The van der Waals surface area contributed by atoms with Crippen LogP contribution in [0.5, 0.6) is 5.75 Å². The van der Waals surface area contributed by atoms with Gasteiger partial charge in [0.1, 0.15) is 11.9 Å². The van der Waals surface area contributed by atoms with E-state index < -0.39 is 11.6 Å². The summed E-state index contributed by atoms with van der Waals surface area (Å²) in [6.45, 7) is 0. The number of rotatable bonds is 3. The van der Waals surface area contributed by atoms with Crippen LogP contribution in [0.3, 0.4) is 0 Å². The van der Waals surface area contributed by atoms with Gasteiger partial charge in [0.25, 0.3) is 0 Å². The van der Waals surface area contributed by atoms with Crippen LogP contribution in [0.4, 0.5) is 8.78 Å². The van der Waals surface area contributed by atoms with Gasteiger partial charge in [-0.25, -0.2) is 8.78 Å². The third-order valence-electron chi connectivity index (χ3n) is 3.75. The van der Waals surface area contributed by atoms with Crippen molar-refractivity contribution in [2.24, 2.45) is 0 Å². The summed E-state index contributed by atoms with van der Waals surface area (Å²) in [5.74, 6) is -1.06. The molecule has 2 rings (SSSR count). The van der Waals surface area contributed by atoms with Gasteiger partial charge in [0.05, 0.1) is 0 Å². The quantitative estimate of drug-likeness (QED) is 0.904. The summed E-state index contributed by atoms with van der Waals surface area (Å²) in [5.41, 5.74) is 0. The van der Waals surface area contributed by atoms with Gasteiger partial charge in [0.15, 0.2) is 11.6 Å². The van der Waals surface area contributed by atoms with Gasteiger partial charge < -0.3 is 10.1 Å². The zero-order valence-corrected chi connectivity index (χ0v) is 11.3. The Morgan fingerprint density at radius 2 is 1.84 bits per heavy atom. The lowest BCUT2D eigenvalue weighted by atomic mass is 9.94. The lowest BCUT2D eigenvalue weighted by Crippen LogP contribution is -2.42. The van der Waals surface area contributed by atoms with E-state index >= 15 is 0 Å². The van der Waals surface area contributed by atoms with Gasteiger partial charge in [-0.15, -0.1) is 0 Å². The van der Waals surface area contributed by atoms with Crippen LogP contribution >= 0.6 is 0 Å². The van der Waals surface area contributed by atoms with Crippen LogP contribution in [-0.2, 0) is 0 Å². The van der Waals surface area contributed by atoms with E-state index in [9.17, 15) is 8.78 Å². The molecule has 0 saturated heterocycles. The second-order valence-electron chi connectivity index (χ2n) is 5.12.